The molecule has 0 radical (unpaired) electrons. The van der Waals surface area contributed by atoms with Crippen LogP contribution in [0.4, 0.5) is 5.69 Å². The van der Waals surface area contributed by atoms with Crippen molar-refractivity contribution in [3.8, 4) is 5.75 Å². The average molecular weight is 387 g/mol. The van der Waals surface area contributed by atoms with E-state index >= 15 is 0 Å². The van der Waals surface area contributed by atoms with E-state index in [0.717, 1.165) is 11.1 Å². The normalized spacial score (nSPS) is 15.7. The number of carbonyl (C=O) groups is 2. The molecule has 2 amide bonds. The van der Waals surface area contributed by atoms with Gasteiger partial charge in [-0.15, -0.1) is 0 Å². The first kappa shape index (κ1) is 19.2. The first-order valence-electron chi connectivity index (χ1n) is 9.02. The lowest BCUT2D eigenvalue weighted by atomic mass is 10.1. The first-order valence-corrected chi connectivity index (χ1v) is 9.39. The van der Waals surface area contributed by atoms with E-state index in [4.69, 9.17) is 16.3 Å². The Labute approximate surface area is 164 Å². The van der Waals surface area contributed by atoms with Gasteiger partial charge < -0.3 is 15.0 Å². The summed E-state index contributed by atoms with van der Waals surface area (Å²) in [5.41, 5.74) is 2.86. The van der Waals surface area contributed by atoms with Gasteiger partial charge in [0.05, 0.1) is 12.2 Å². The van der Waals surface area contributed by atoms with Crippen molar-refractivity contribution in [2.45, 2.75) is 39.3 Å². The number of amides is 2. The van der Waals surface area contributed by atoms with Crippen molar-refractivity contribution in [1.29, 1.82) is 0 Å². The Balaban J connectivity index is 1.57. The highest BCUT2D eigenvalue weighted by Gasteiger charge is 2.27. The number of nitrogens with zero attached hydrogens (tertiary/aromatic N) is 1. The molecule has 0 spiro atoms. The zero-order chi connectivity index (χ0) is 19.4. The van der Waals surface area contributed by atoms with Crippen molar-refractivity contribution in [2.24, 2.45) is 0 Å². The summed E-state index contributed by atoms with van der Waals surface area (Å²) >= 11 is 6.07. The van der Waals surface area contributed by atoms with Gasteiger partial charge in [-0.05, 0) is 43.2 Å². The second-order valence-electron chi connectivity index (χ2n) is 6.75. The van der Waals surface area contributed by atoms with Gasteiger partial charge in [0.15, 0.2) is 0 Å². The van der Waals surface area contributed by atoms with E-state index in [1.807, 2.05) is 38.1 Å². The molecule has 5 nitrogen and oxygen atoms in total. The molecule has 27 heavy (non-hydrogen) atoms. The fourth-order valence-electron chi connectivity index (χ4n) is 3.09. The number of nitrogens with one attached hydrogen (secondary N) is 1. The van der Waals surface area contributed by atoms with Crippen LogP contribution in [0.15, 0.2) is 42.5 Å². The quantitative estimate of drug-likeness (QED) is 0.848. The van der Waals surface area contributed by atoms with Crippen LogP contribution in [0.3, 0.4) is 0 Å². The number of rotatable bonds is 5. The third-order valence-corrected chi connectivity index (χ3v) is 4.82. The maximum Gasteiger partial charge on any atom is 0.227 e. The number of fused-ring (bicyclic) bond motifs is 1. The minimum Gasteiger partial charge on any atom is -0.487 e. The minimum absolute atomic E-state index is 0.111. The number of anilines is 1. The third kappa shape index (κ3) is 4.80. The van der Waals surface area contributed by atoms with Crippen molar-refractivity contribution >= 4 is 29.1 Å². The number of carbonyl (C=O) groups excluding carboxylic acids is 2. The Hall–Kier alpha value is -2.53. The second kappa shape index (κ2) is 8.44. The number of benzene rings is 2. The topological polar surface area (TPSA) is 58.6 Å². The summed E-state index contributed by atoms with van der Waals surface area (Å²) in [6, 6.07) is 13.1. The smallest absolute Gasteiger partial charge is 0.227 e. The summed E-state index contributed by atoms with van der Waals surface area (Å²) in [5.74, 6) is 0.384. The van der Waals surface area contributed by atoms with E-state index in [9.17, 15) is 9.59 Å². The zero-order valence-corrected chi connectivity index (χ0v) is 16.3. The fourth-order valence-corrected chi connectivity index (χ4v) is 3.26. The minimum atomic E-state index is -0.140. The van der Waals surface area contributed by atoms with Crippen LogP contribution in [0.5, 0.6) is 5.75 Å². The molecule has 0 aliphatic carbocycles. The number of ether oxygens (including phenoxy) is 1. The SMILES string of the molecule is Cc1ccccc1CNC(=O)CCC(=O)N1C[C@H](C)Oc2ccc(Cl)cc21. The third-order valence-electron chi connectivity index (χ3n) is 4.58. The predicted octanol–water partition coefficient (Wildman–Crippen LogP) is 3.86. The van der Waals surface area contributed by atoms with Gasteiger partial charge in [0.25, 0.3) is 0 Å². The highest BCUT2D eigenvalue weighted by molar-refractivity contribution is 6.31. The lowest BCUT2D eigenvalue weighted by Crippen LogP contribution is -2.42. The van der Waals surface area contributed by atoms with Gasteiger partial charge >= 0.3 is 0 Å². The van der Waals surface area contributed by atoms with Gasteiger partial charge in [-0.1, -0.05) is 35.9 Å². The first-order chi connectivity index (χ1) is 12.9. The monoisotopic (exact) mass is 386 g/mol. The maximum atomic E-state index is 12.7. The number of hydrogen-bond acceptors (Lipinski definition) is 3. The molecular formula is C21H23ClN2O3. The van der Waals surface area contributed by atoms with E-state index in [2.05, 4.69) is 5.32 Å². The number of halogens is 1. The van der Waals surface area contributed by atoms with Crippen molar-refractivity contribution in [3.63, 3.8) is 0 Å². The summed E-state index contributed by atoms with van der Waals surface area (Å²) in [6.45, 7) is 4.82. The number of aryl methyl sites for hydroxylation is 1. The van der Waals surface area contributed by atoms with E-state index < -0.39 is 0 Å². The fraction of sp³-hybridized carbons (Fsp3) is 0.333. The Morgan fingerprint density at radius 2 is 2.00 bits per heavy atom. The van der Waals surface area contributed by atoms with Crippen LogP contribution in [0, 0.1) is 6.92 Å². The molecule has 0 aromatic heterocycles. The largest absolute Gasteiger partial charge is 0.487 e. The van der Waals surface area contributed by atoms with Crippen LogP contribution in [0.25, 0.3) is 0 Å². The van der Waals surface area contributed by atoms with Crippen LogP contribution in [0.2, 0.25) is 5.02 Å². The van der Waals surface area contributed by atoms with E-state index in [-0.39, 0.29) is 30.8 Å². The Morgan fingerprint density at radius 3 is 2.78 bits per heavy atom. The van der Waals surface area contributed by atoms with Crippen LogP contribution >= 0.6 is 11.6 Å². The van der Waals surface area contributed by atoms with Gasteiger partial charge in [0.1, 0.15) is 11.9 Å². The maximum absolute atomic E-state index is 12.7. The van der Waals surface area contributed by atoms with Gasteiger partial charge in [-0.2, -0.15) is 0 Å². The molecular weight excluding hydrogens is 364 g/mol. The molecule has 0 bridgehead atoms. The molecule has 6 heteroatoms. The van der Waals surface area contributed by atoms with E-state index in [1.165, 1.54) is 0 Å². The molecule has 1 N–H and O–H groups in total. The molecule has 2 aromatic rings. The molecule has 142 valence electrons. The van der Waals surface area contributed by atoms with E-state index in [1.54, 1.807) is 23.1 Å². The lowest BCUT2D eigenvalue weighted by Gasteiger charge is -2.33. The van der Waals surface area contributed by atoms with Crippen LogP contribution in [0.1, 0.15) is 30.9 Å². The molecule has 1 atom stereocenters. The van der Waals surface area contributed by atoms with Gasteiger partial charge in [0.2, 0.25) is 11.8 Å². The standard InChI is InChI=1S/C21H23ClN2O3/c1-14-5-3-4-6-16(14)12-23-20(25)9-10-21(26)24-13-15(2)27-19-8-7-17(22)11-18(19)24/h3-8,11,15H,9-10,12-13H2,1-2H3,(H,23,25)/t15-/m0/s1. The Bertz CT molecular complexity index is 853. The predicted molar refractivity (Wildman–Crippen MR) is 106 cm³/mol. The van der Waals surface area contributed by atoms with Crippen LogP contribution in [-0.2, 0) is 16.1 Å². The summed E-state index contributed by atoms with van der Waals surface area (Å²) < 4.78 is 5.76. The molecule has 0 unspecified atom stereocenters. The average Bonchev–Trinajstić information content (AvgIpc) is 2.65. The lowest BCUT2D eigenvalue weighted by molar-refractivity contribution is -0.125. The van der Waals surface area contributed by atoms with Gasteiger partial charge in [0, 0.05) is 24.4 Å². The number of hydrogen-bond donors (Lipinski definition) is 1. The summed E-state index contributed by atoms with van der Waals surface area (Å²) in [5, 5.41) is 3.42. The molecule has 1 heterocycles. The summed E-state index contributed by atoms with van der Waals surface area (Å²) in [7, 11) is 0. The molecule has 0 saturated heterocycles. The molecule has 1 aliphatic heterocycles. The Morgan fingerprint density at radius 1 is 1.22 bits per heavy atom. The Kier molecular flexibility index (Phi) is 6.01. The van der Waals surface area contributed by atoms with Crippen molar-refractivity contribution in [3.05, 3.63) is 58.6 Å². The van der Waals surface area contributed by atoms with E-state index in [0.29, 0.717) is 29.5 Å². The molecule has 0 fully saturated rings. The molecule has 3 rings (SSSR count). The van der Waals surface area contributed by atoms with Crippen molar-refractivity contribution < 1.29 is 14.3 Å². The van der Waals surface area contributed by atoms with Crippen LogP contribution in [-0.4, -0.2) is 24.5 Å². The molecule has 2 aromatic carbocycles. The zero-order valence-electron chi connectivity index (χ0n) is 15.5. The second-order valence-corrected chi connectivity index (χ2v) is 7.18. The highest BCUT2D eigenvalue weighted by Crippen LogP contribution is 2.36. The van der Waals surface area contributed by atoms with Gasteiger partial charge in [-0.25, -0.2) is 0 Å². The van der Waals surface area contributed by atoms with Crippen molar-refractivity contribution in [1.82, 2.24) is 5.32 Å². The summed E-state index contributed by atoms with van der Waals surface area (Å²) in [6.07, 6.45) is 0.169. The highest BCUT2D eigenvalue weighted by atomic mass is 35.5. The molecule has 0 saturated carbocycles. The van der Waals surface area contributed by atoms with Crippen LogP contribution < -0.4 is 15.0 Å². The van der Waals surface area contributed by atoms with Crippen molar-refractivity contribution in [2.75, 3.05) is 11.4 Å². The van der Waals surface area contributed by atoms with Gasteiger partial charge in [-0.3, -0.25) is 9.59 Å². The molecule has 1 aliphatic rings. The summed E-state index contributed by atoms with van der Waals surface area (Å²) in [4.78, 5) is 26.5.